The van der Waals surface area contributed by atoms with Gasteiger partial charge in [-0.3, -0.25) is 0 Å². The van der Waals surface area contributed by atoms with Gasteiger partial charge in [-0.15, -0.1) is 0 Å². The third-order valence-corrected chi connectivity index (χ3v) is 2.88. The van der Waals surface area contributed by atoms with Gasteiger partial charge < -0.3 is 10.2 Å². The zero-order valence-corrected chi connectivity index (χ0v) is 12.5. The Morgan fingerprint density at radius 2 is 0.750 bits per heavy atom. The quantitative estimate of drug-likeness (QED) is 0.421. The van der Waals surface area contributed by atoms with E-state index in [0.717, 1.165) is 10.8 Å². The number of phenols is 2. The number of phenolic OH excluding ortho intramolecular Hbond substituents is 2. The summed E-state index contributed by atoms with van der Waals surface area (Å²) in [5.41, 5.74) is 0. The number of hydrogen-bond donors (Lipinski definition) is 2. The van der Waals surface area contributed by atoms with Crippen molar-refractivity contribution in [3.8, 4) is 11.5 Å². The summed E-state index contributed by atoms with van der Waals surface area (Å²) in [5.74, 6) is -0.0939. The summed E-state index contributed by atoms with van der Waals surface area (Å²) in [5, 5.41) is 23.1. The molecule has 0 amide bonds. The summed E-state index contributed by atoms with van der Waals surface area (Å²) in [6, 6.07) is 15.0. The maximum atomic E-state index is 9.91. The lowest BCUT2D eigenvalue weighted by atomic mass is 10.0. The topological polar surface area (TPSA) is 40.5 Å². The average Bonchev–Trinajstić information content (AvgIpc) is 2.56. The molecule has 0 unspecified atom stereocenters. The molecule has 0 aliphatic rings. The summed E-state index contributed by atoms with van der Waals surface area (Å²) in [6.07, 6.45) is 0. The van der Waals surface area contributed by atoms with Crippen molar-refractivity contribution in [1.29, 1.82) is 0 Å². The fourth-order valence-electron chi connectivity index (χ4n) is 2.10. The Morgan fingerprint density at radius 3 is 1.05 bits per heavy atom. The van der Waals surface area contributed by atoms with Crippen molar-refractivity contribution in [2.45, 2.75) is 27.7 Å². The third-order valence-electron chi connectivity index (χ3n) is 2.88. The van der Waals surface area contributed by atoms with Gasteiger partial charge in [0.1, 0.15) is 0 Å². The van der Waals surface area contributed by atoms with Crippen molar-refractivity contribution in [3.63, 3.8) is 0 Å². The summed E-state index contributed by atoms with van der Waals surface area (Å²) in [4.78, 5) is 0. The number of fused-ring (bicyclic) bond motifs is 3. The zero-order valence-electron chi connectivity index (χ0n) is 12.5. The van der Waals surface area contributed by atoms with Gasteiger partial charge in [0.05, 0.1) is 0 Å². The van der Waals surface area contributed by atoms with Gasteiger partial charge in [-0.05, 0) is 10.8 Å². The van der Waals surface area contributed by atoms with Gasteiger partial charge in [-0.25, -0.2) is 0 Å². The van der Waals surface area contributed by atoms with Crippen LogP contribution in [0.15, 0.2) is 48.5 Å². The molecule has 0 bridgehead atoms. The van der Waals surface area contributed by atoms with Gasteiger partial charge in [-0.1, -0.05) is 76.2 Å². The Kier molecular flexibility index (Phi) is 5.85. The van der Waals surface area contributed by atoms with Crippen LogP contribution >= 0.6 is 0 Å². The molecule has 3 aromatic carbocycles. The molecule has 0 saturated heterocycles. The lowest BCUT2D eigenvalue weighted by Crippen LogP contribution is -1.80. The van der Waals surface area contributed by atoms with Crippen LogP contribution in [0.1, 0.15) is 27.7 Å². The van der Waals surface area contributed by atoms with Gasteiger partial charge in [0.15, 0.2) is 11.5 Å². The van der Waals surface area contributed by atoms with Crippen molar-refractivity contribution in [2.75, 3.05) is 0 Å². The molecule has 0 atom stereocenters. The van der Waals surface area contributed by atoms with Crippen LogP contribution in [0.2, 0.25) is 0 Å². The predicted octanol–water partition coefficient (Wildman–Crippen LogP) is 5.46. The Hall–Kier alpha value is -2.22. The Labute approximate surface area is 120 Å². The van der Waals surface area contributed by atoms with Gasteiger partial charge in [-0.2, -0.15) is 0 Å². The van der Waals surface area contributed by atoms with Gasteiger partial charge in [0.2, 0.25) is 0 Å². The fourth-order valence-corrected chi connectivity index (χ4v) is 2.10. The van der Waals surface area contributed by atoms with Crippen molar-refractivity contribution in [2.24, 2.45) is 0 Å². The minimum absolute atomic E-state index is 0.0469. The van der Waals surface area contributed by atoms with Crippen molar-refractivity contribution in [3.05, 3.63) is 48.5 Å². The van der Waals surface area contributed by atoms with Crippen LogP contribution in [-0.2, 0) is 0 Å². The highest BCUT2D eigenvalue weighted by Crippen LogP contribution is 2.41. The smallest absolute Gasteiger partial charge is 0.166 e. The van der Waals surface area contributed by atoms with Gasteiger partial charge in [0.25, 0.3) is 0 Å². The lowest BCUT2D eigenvalue weighted by molar-refractivity contribution is 0.412. The normalized spacial score (nSPS) is 9.40. The SMILES string of the molecule is CC.CC.Oc1c(O)c2ccccc2c2ccccc12. The van der Waals surface area contributed by atoms with E-state index in [-0.39, 0.29) is 11.5 Å². The first-order chi connectivity index (χ1) is 9.79. The van der Waals surface area contributed by atoms with Gasteiger partial charge >= 0.3 is 0 Å². The second-order valence-corrected chi connectivity index (χ2v) is 3.79. The van der Waals surface area contributed by atoms with Crippen LogP contribution in [0.25, 0.3) is 21.5 Å². The summed E-state index contributed by atoms with van der Waals surface area (Å²) < 4.78 is 0. The van der Waals surface area contributed by atoms with E-state index in [1.165, 1.54) is 0 Å². The second kappa shape index (κ2) is 7.39. The first-order valence-electron chi connectivity index (χ1n) is 7.10. The maximum Gasteiger partial charge on any atom is 0.166 e. The van der Waals surface area contributed by atoms with E-state index in [0.29, 0.717) is 10.8 Å². The van der Waals surface area contributed by atoms with Crippen LogP contribution < -0.4 is 0 Å². The van der Waals surface area contributed by atoms with E-state index in [9.17, 15) is 10.2 Å². The highest BCUT2D eigenvalue weighted by molar-refractivity contribution is 6.13. The molecule has 2 nitrogen and oxygen atoms in total. The van der Waals surface area contributed by atoms with Crippen molar-refractivity contribution >= 4 is 21.5 Å². The van der Waals surface area contributed by atoms with E-state index in [4.69, 9.17) is 0 Å². The molecule has 0 aromatic heterocycles. The van der Waals surface area contributed by atoms with Crippen LogP contribution in [0.5, 0.6) is 11.5 Å². The average molecular weight is 270 g/mol. The van der Waals surface area contributed by atoms with Crippen molar-refractivity contribution < 1.29 is 10.2 Å². The second-order valence-electron chi connectivity index (χ2n) is 3.79. The van der Waals surface area contributed by atoms with E-state index in [1.54, 1.807) is 12.1 Å². The maximum absolute atomic E-state index is 9.91. The largest absolute Gasteiger partial charge is 0.504 e. The molecule has 106 valence electrons. The Balaban J connectivity index is 0.000000461. The molecule has 2 heteroatoms. The molecule has 0 spiro atoms. The summed E-state index contributed by atoms with van der Waals surface area (Å²) in [6.45, 7) is 8.00. The minimum atomic E-state index is -0.0469. The van der Waals surface area contributed by atoms with Crippen LogP contribution in [0, 0.1) is 0 Å². The van der Waals surface area contributed by atoms with E-state index >= 15 is 0 Å². The molecule has 20 heavy (non-hydrogen) atoms. The highest BCUT2D eigenvalue weighted by Gasteiger charge is 2.11. The van der Waals surface area contributed by atoms with Gasteiger partial charge in [0, 0.05) is 10.8 Å². The minimum Gasteiger partial charge on any atom is -0.504 e. The van der Waals surface area contributed by atoms with Crippen LogP contribution in [0.3, 0.4) is 0 Å². The lowest BCUT2D eigenvalue weighted by Gasteiger charge is -2.08. The van der Waals surface area contributed by atoms with Crippen LogP contribution in [-0.4, -0.2) is 10.2 Å². The molecule has 3 rings (SSSR count). The van der Waals surface area contributed by atoms with Crippen LogP contribution in [0.4, 0.5) is 0 Å². The molecule has 0 fully saturated rings. The predicted molar refractivity (Wildman–Crippen MR) is 87.5 cm³/mol. The molecule has 3 aromatic rings. The first-order valence-corrected chi connectivity index (χ1v) is 7.10. The molecule has 0 aliphatic carbocycles. The summed E-state index contributed by atoms with van der Waals surface area (Å²) in [7, 11) is 0. The van der Waals surface area contributed by atoms with Crippen molar-refractivity contribution in [1.82, 2.24) is 0 Å². The number of rotatable bonds is 0. The fraction of sp³-hybridized carbons (Fsp3) is 0.222. The number of benzene rings is 3. The van der Waals surface area contributed by atoms with E-state index < -0.39 is 0 Å². The Bertz CT molecular complexity index is 627. The zero-order chi connectivity index (χ0) is 15.1. The molecular formula is C18H22O2. The van der Waals surface area contributed by atoms with E-state index in [2.05, 4.69) is 0 Å². The number of aromatic hydroxyl groups is 2. The molecule has 0 saturated carbocycles. The monoisotopic (exact) mass is 270 g/mol. The first kappa shape index (κ1) is 15.8. The Morgan fingerprint density at radius 1 is 0.500 bits per heavy atom. The third kappa shape index (κ3) is 2.69. The van der Waals surface area contributed by atoms with E-state index in [1.807, 2.05) is 64.1 Å². The molecular weight excluding hydrogens is 248 g/mol. The molecule has 0 heterocycles. The summed E-state index contributed by atoms with van der Waals surface area (Å²) >= 11 is 0. The number of hydrogen-bond acceptors (Lipinski definition) is 2. The molecule has 0 aliphatic heterocycles. The standard InChI is InChI=1S/C14H10O2.2C2H6/c15-13-11-7-3-1-5-9(11)10-6-2-4-8-12(10)14(13)16;2*1-2/h1-8,15-16H;2*1-2H3. The molecule has 2 N–H and O–H groups in total. The highest BCUT2D eigenvalue weighted by atomic mass is 16.3. The molecule has 0 radical (unpaired) electrons.